The molecule has 0 spiro atoms. The van der Waals surface area contributed by atoms with E-state index in [4.69, 9.17) is 4.74 Å². The van der Waals surface area contributed by atoms with Crippen molar-refractivity contribution in [2.75, 3.05) is 7.11 Å². The number of benzene rings is 3. The molecule has 1 aliphatic carbocycles. The number of ketones is 1. The highest BCUT2D eigenvalue weighted by Crippen LogP contribution is 2.38. The third-order valence-electron chi connectivity index (χ3n) is 4.64. The van der Waals surface area contributed by atoms with Gasteiger partial charge < -0.3 is 4.74 Å². The van der Waals surface area contributed by atoms with Crippen LogP contribution in [0.4, 0.5) is 0 Å². The Morgan fingerprint density at radius 2 is 1.52 bits per heavy atom. The summed E-state index contributed by atoms with van der Waals surface area (Å²) < 4.78 is 5.19. The van der Waals surface area contributed by atoms with Crippen molar-refractivity contribution in [3.05, 3.63) is 107 Å². The number of carbonyl (C=O) groups excluding carboxylic acids is 1. The molecule has 1 aliphatic rings. The molecule has 0 bridgehead atoms. The Kier molecular flexibility index (Phi) is 3.95. The summed E-state index contributed by atoms with van der Waals surface area (Å²) in [5.41, 5.74) is 6.06. The third-order valence-corrected chi connectivity index (χ3v) is 4.64. The first kappa shape index (κ1) is 15.4. The maximum Gasteiger partial charge on any atom is 0.189 e. The molecule has 0 radical (unpaired) electrons. The van der Waals surface area contributed by atoms with Crippen LogP contribution < -0.4 is 4.74 Å². The monoisotopic (exact) mass is 326 g/mol. The van der Waals surface area contributed by atoms with Gasteiger partial charge in [-0.2, -0.15) is 0 Å². The van der Waals surface area contributed by atoms with Crippen molar-refractivity contribution in [1.29, 1.82) is 0 Å². The van der Waals surface area contributed by atoms with E-state index in [2.05, 4.69) is 24.3 Å². The highest BCUT2D eigenvalue weighted by atomic mass is 16.5. The number of rotatable bonds is 4. The lowest BCUT2D eigenvalue weighted by atomic mass is 9.94. The highest BCUT2D eigenvalue weighted by Gasteiger charge is 2.27. The molecule has 0 heterocycles. The minimum absolute atomic E-state index is 0.0812. The van der Waals surface area contributed by atoms with Gasteiger partial charge in [-0.05, 0) is 46.5 Å². The molecule has 25 heavy (non-hydrogen) atoms. The maximum absolute atomic E-state index is 13.2. The van der Waals surface area contributed by atoms with E-state index < -0.39 is 0 Å². The molecule has 0 saturated heterocycles. The number of fused-ring (bicyclic) bond motifs is 1. The average molecular weight is 326 g/mol. The van der Waals surface area contributed by atoms with Crippen LogP contribution in [0.25, 0.3) is 5.57 Å². The van der Waals surface area contributed by atoms with Gasteiger partial charge in [-0.25, -0.2) is 0 Å². The molecular formula is C23H18O2. The molecule has 0 atom stereocenters. The molecule has 4 rings (SSSR count). The lowest BCUT2D eigenvalue weighted by Crippen LogP contribution is -2.05. The van der Waals surface area contributed by atoms with Gasteiger partial charge in [-0.3, -0.25) is 4.79 Å². The average Bonchev–Trinajstić information content (AvgIpc) is 3.07. The van der Waals surface area contributed by atoms with Gasteiger partial charge in [0.1, 0.15) is 5.75 Å². The van der Waals surface area contributed by atoms with Crippen LogP contribution in [-0.4, -0.2) is 12.9 Å². The predicted octanol–water partition coefficient (Wildman–Crippen LogP) is 4.94. The Balaban J connectivity index is 1.83. The topological polar surface area (TPSA) is 26.3 Å². The van der Waals surface area contributed by atoms with Crippen molar-refractivity contribution in [2.24, 2.45) is 0 Å². The Morgan fingerprint density at radius 1 is 0.840 bits per heavy atom. The fourth-order valence-electron chi connectivity index (χ4n) is 3.40. The van der Waals surface area contributed by atoms with Crippen LogP contribution in [0.5, 0.6) is 5.75 Å². The van der Waals surface area contributed by atoms with Crippen molar-refractivity contribution in [3.8, 4) is 5.75 Å². The summed E-state index contributed by atoms with van der Waals surface area (Å²) >= 11 is 0. The molecule has 122 valence electrons. The smallest absolute Gasteiger partial charge is 0.189 e. The molecular weight excluding hydrogens is 308 g/mol. The quantitative estimate of drug-likeness (QED) is 0.635. The van der Waals surface area contributed by atoms with Gasteiger partial charge in [0, 0.05) is 17.6 Å². The van der Waals surface area contributed by atoms with E-state index >= 15 is 0 Å². The van der Waals surface area contributed by atoms with Gasteiger partial charge in [-0.1, -0.05) is 54.6 Å². The van der Waals surface area contributed by atoms with E-state index in [0.29, 0.717) is 12.0 Å². The van der Waals surface area contributed by atoms with Crippen LogP contribution in [0.3, 0.4) is 0 Å². The number of methoxy groups -OCH3 is 1. The summed E-state index contributed by atoms with van der Waals surface area (Å²) in [5, 5.41) is 0. The van der Waals surface area contributed by atoms with Gasteiger partial charge in [0.05, 0.1) is 7.11 Å². The summed E-state index contributed by atoms with van der Waals surface area (Å²) in [7, 11) is 1.63. The summed E-state index contributed by atoms with van der Waals surface area (Å²) in [6.07, 6.45) is 0.672. The van der Waals surface area contributed by atoms with Gasteiger partial charge in [0.15, 0.2) is 5.78 Å². The summed E-state index contributed by atoms with van der Waals surface area (Å²) in [6.45, 7) is 0. The maximum atomic E-state index is 13.2. The van der Waals surface area contributed by atoms with E-state index in [1.54, 1.807) is 7.11 Å². The van der Waals surface area contributed by atoms with E-state index in [9.17, 15) is 4.79 Å². The van der Waals surface area contributed by atoms with Crippen molar-refractivity contribution < 1.29 is 9.53 Å². The van der Waals surface area contributed by atoms with E-state index in [0.717, 1.165) is 28.0 Å². The van der Waals surface area contributed by atoms with Crippen molar-refractivity contribution in [1.82, 2.24) is 0 Å². The first-order valence-electron chi connectivity index (χ1n) is 8.33. The second kappa shape index (κ2) is 6.40. The Bertz CT molecular complexity index is 951. The lowest BCUT2D eigenvalue weighted by molar-refractivity contribution is 0.103. The zero-order valence-electron chi connectivity index (χ0n) is 14.0. The lowest BCUT2D eigenvalue weighted by Gasteiger charge is -2.09. The number of allylic oxidation sites excluding steroid dienone is 1. The normalized spacial score (nSPS) is 12.8. The number of carbonyl (C=O) groups is 1. The van der Waals surface area contributed by atoms with E-state index in [-0.39, 0.29) is 5.78 Å². The Morgan fingerprint density at radius 3 is 2.24 bits per heavy atom. The fourth-order valence-corrected chi connectivity index (χ4v) is 3.40. The fraction of sp³-hybridized carbons (Fsp3) is 0.0870. The molecule has 0 saturated carbocycles. The van der Waals surface area contributed by atoms with Crippen LogP contribution in [0, 0.1) is 0 Å². The Hall–Kier alpha value is -3.13. The minimum Gasteiger partial charge on any atom is -0.497 e. The van der Waals surface area contributed by atoms with Crippen LogP contribution in [0.2, 0.25) is 0 Å². The van der Waals surface area contributed by atoms with Crippen molar-refractivity contribution in [2.45, 2.75) is 6.42 Å². The number of hydrogen-bond donors (Lipinski definition) is 0. The number of Topliss-reactive ketones (excluding diaryl/α,β-unsaturated/α-hetero) is 1. The second-order valence-corrected chi connectivity index (χ2v) is 6.11. The van der Waals surface area contributed by atoms with Crippen molar-refractivity contribution >= 4 is 11.4 Å². The summed E-state index contributed by atoms with van der Waals surface area (Å²) in [4.78, 5) is 13.2. The Labute approximate surface area is 147 Å². The third kappa shape index (κ3) is 2.76. The van der Waals surface area contributed by atoms with E-state index in [1.165, 1.54) is 5.56 Å². The van der Waals surface area contributed by atoms with Crippen LogP contribution in [-0.2, 0) is 6.42 Å². The molecule has 0 amide bonds. The zero-order valence-corrected chi connectivity index (χ0v) is 14.0. The molecule has 3 aromatic rings. The van der Waals surface area contributed by atoms with Gasteiger partial charge in [0.2, 0.25) is 0 Å². The van der Waals surface area contributed by atoms with Crippen LogP contribution in [0.1, 0.15) is 27.0 Å². The van der Waals surface area contributed by atoms with E-state index in [1.807, 2.05) is 54.6 Å². The molecule has 0 unspecified atom stereocenters. The molecule has 0 aromatic heterocycles. The SMILES string of the molecule is COc1ccc(C(=O)C2=C(c3ccccc3)c3ccccc3C2)cc1. The van der Waals surface area contributed by atoms with Crippen LogP contribution in [0.15, 0.2) is 84.4 Å². The predicted molar refractivity (Wildman–Crippen MR) is 99.9 cm³/mol. The van der Waals surface area contributed by atoms with Crippen molar-refractivity contribution in [3.63, 3.8) is 0 Å². The second-order valence-electron chi connectivity index (χ2n) is 6.11. The number of ether oxygens (including phenoxy) is 1. The van der Waals surface area contributed by atoms with Gasteiger partial charge in [0.25, 0.3) is 0 Å². The molecule has 3 aromatic carbocycles. The zero-order chi connectivity index (χ0) is 17.2. The van der Waals surface area contributed by atoms with Gasteiger partial charge in [-0.15, -0.1) is 0 Å². The highest BCUT2D eigenvalue weighted by molar-refractivity contribution is 6.16. The first-order valence-corrected chi connectivity index (χ1v) is 8.33. The minimum atomic E-state index is 0.0812. The van der Waals surface area contributed by atoms with Gasteiger partial charge >= 0.3 is 0 Å². The summed E-state index contributed by atoms with van der Waals surface area (Å²) in [6, 6.07) is 25.8. The molecule has 0 aliphatic heterocycles. The summed E-state index contributed by atoms with van der Waals surface area (Å²) in [5.74, 6) is 0.834. The standard InChI is InChI=1S/C23H18O2/c1-25-19-13-11-17(12-14-19)23(24)21-15-18-9-5-6-10-20(18)22(21)16-7-3-2-4-8-16/h2-14H,15H2,1H3. The molecule has 0 fully saturated rings. The number of hydrogen-bond acceptors (Lipinski definition) is 2. The molecule has 2 nitrogen and oxygen atoms in total. The molecule has 2 heteroatoms. The molecule has 0 N–H and O–H groups in total. The first-order chi connectivity index (χ1) is 12.3. The largest absolute Gasteiger partial charge is 0.497 e. The van der Waals surface area contributed by atoms with Crippen LogP contribution >= 0.6 is 0 Å².